The van der Waals surface area contributed by atoms with Crippen LogP contribution in [0.2, 0.25) is 0 Å². The van der Waals surface area contributed by atoms with Gasteiger partial charge in [-0.1, -0.05) is 57.2 Å². The summed E-state index contributed by atoms with van der Waals surface area (Å²) in [5.41, 5.74) is 3.80. The van der Waals surface area contributed by atoms with Crippen molar-refractivity contribution in [3.63, 3.8) is 0 Å². The summed E-state index contributed by atoms with van der Waals surface area (Å²) in [6.07, 6.45) is 0. The van der Waals surface area contributed by atoms with Gasteiger partial charge in [-0.2, -0.15) is 5.10 Å². The lowest BCUT2D eigenvalue weighted by atomic mass is 9.90. The molecular formula is C29H28N4O2. The van der Waals surface area contributed by atoms with E-state index in [1.165, 1.54) is 0 Å². The van der Waals surface area contributed by atoms with Gasteiger partial charge in [-0.15, -0.1) is 0 Å². The molecule has 0 fully saturated rings. The number of hydrogen-bond donors (Lipinski definition) is 2. The van der Waals surface area contributed by atoms with Crippen LogP contribution in [-0.2, 0) is 12.0 Å². The number of fused-ring (bicyclic) bond motifs is 1. The molecule has 2 N–H and O–H groups in total. The number of nitrogens with one attached hydrogen (secondary N) is 2. The van der Waals surface area contributed by atoms with E-state index in [-0.39, 0.29) is 11.0 Å². The third kappa shape index (κ3) is 4.82. The minimum Gasteiger partial charge on any atom is -0.457 e. The molecule has 176 valence electrons. The second-order valence-corrected chi connectivity index (χ2v) is 9.52. The molecule has 3 aromatic carbocycles. The molecule has 0 saturated heterocycles. The number of nitrogens with zero attached hydrogens (tertiary/aromatic N) is 2. The van der Waals surface area contributed by atoms with Crippen LogP contribution in [0.15, 0.2) is 95.8 Å². The highest BCUT2D eigenvalue weighted by atomic mass is 16.5. The topological polar surface area (TPSA) is 71.9 Å². The van der Waals surface area contributed by atoms with Crippen molar-refractivity contribution < 1.29 is 4.74 Å². The van der Waals surface area contributed by atoms with E-state index < -0.39 is 0 Å². The van der Waals surface area contributed by atoms with Crippen molar-refractivity contribution >= 4 is 16.7 Å². The lowest BCUT2D eigenvalue weighted by Gasteiger charge is -2.15. The second kappa shape index (κ2) is 9.14. The summed E-state index contributed by atoms with van der Waals surface area (Å²) in [7, 11) is 0. The second-order valence-electron chi connectivity index (χ2n) is 9.52. The third-order valence-corrected chi connectivity index (χ3v) is 5.79. The van der Waals surface area contributed by atoms with Gasteiger partial charge in [0.25, 0.3) is 5.56 Å². The van der Waals surface area contributed by atoms with Crippen LogP contribution in [-0.4, -0.2) is 14.8 Å². The van der Waals surface area contributed by atoms with Crippen molar-refractivity contribution in [3.05, 3.63) is 113 Å². The Bertz CT molecular complexity index is 1500. The van der Waals surface area contributed by atoms with Gasteiger partial charge in [0.1, 0.15) is 17.1 Å². The minimum atomic E-state index is -0.185. The Kier molecular flexibility index (Phi) is 5.87. The summed E-state index contributed by atoms with van der Waals surface area (Å²) >= 11 is 0. The van der Waals surface area contributed by atoms with Crippen LogP contribution in [0.3, 0.4) is 0 Å². The molecule has 0 unspecified atom stereocenters. The minimum absolute atomic E-state index is 0.133. The highest BCUT2D eigenvalue weighted by Crippen LogP contribution is 2.30. The summed E-state index contributed by atoms with van der Waals surface area (Å²) < 4.78 is 7.67. The smallest absolute Gasteiger partial charge is 0.254 e. The SMILES string of the molecule is CC(C)(C)c1nn(-c2ccccc2)c2[nH]c(=O)c(CNc3ccc(Oc4ccccc4)cc3)cc12. The van der Waals surface area contributed by atoms with Crippen LogP contribution in [0.25, 0.3) is 16.7 Å². The van der Waals surface area contributed by atoms with Gasteiger partial charge in [0.05, 0.1) is 11.4 Å². The summed E-state index contributed by atoms with van der Waals surface area (Å²) in [4.78, 5) is 16.1. The van der Waals surface area contributed by atoms with E-state index >= 15 is 0 Å². The molecule has 0 radical (unpaired) electrons. The predicted molar refractivity (Wildman–Crippen MR) is 141 cm³/mol. The normalized spacial score (nSPS) is 11.5. The number of hydrogen-bond acceptors (Lipinski definition) is 4. The molecule has 0 atom stereocenters. The number of para-hydroxylation sites is 2. The van der Waals surface area contributed by atoms with E-state index in [0.717, 1.165) is 34.0 Å². The summed E-state index contributed by atoms with van der Waals surface area (Å²) in [6.45, 7) is 6.79. The fraction of sp³-hybridized carbons (Fsp3) is 0.172. The molecule has 5 aromatic rings. The average molecular weight is 465 g/mol. The third-order valence-electron chi connectivity index (χ3n) is 5.79. The number of benzene rings is 3. The maximum atomic E-state index is 13.0. The first-order valence-corrected chi connectivity index (χ1v) is 11.7. The standard InChI is InChI=1S/C29H28N4O2/c1-29(2,3)26-25-18-20(28(34)31-27(25)33(32-26)22-10-6-4-7-11-22)19-30-21-14-16-24(17-15-21)35-23-12-8-5-9-13-23/h4-18,30H,19H2,1-3H3,(H,31,34). The van der Waals surface area contributed by atoms with Crippen LogP contribution in [0.4, 0.5) is 5.69 Å². The largest absolute Gasteiger partial charge is 0.457 e. The summed E-state index contributed by atoms with van der Waals surface area (Å²) in [5.74, 6) is 1.54. The van der Waals surface area contributed by atoms with E-state index in [2.05, 4.69) is 31.1 Å². The van der Waals surface area contributed by atoms with E-state index in [9.17, 15) is 4.79 Å². The molecule has 0 spiro atoms. The van der Waals surface area contributed by atoms with E-state index in [1.54, 1.807) is 0 Å². The lowest BCUT2D eigenvalue weighted by Crippen LogP contribution is -2.17. The molecule has 0 saturated carbocycles. The van der Waals surface area contributed by atoms with Crippen LogP contribution in [0.1, 0.15) is 32.0 Å². The number of rotatable bonds is 6. The maximum absolute atomic E-state index is 13.0. The van der Waals surface area contributed by atoms with Crippen molar-refractivity contribution in [2.45, 2.75) is 32.7 Å². The zero-order chi connectivity index (χ0) is 24.4. The number of aromatic nitrogens is 3. The van der Waals surface area contributed by atoms with Gasteiger partial charge >= 0.3 is 0 Å². The van der Waals surface area contributed by atoms with Crippen LogP contribution in [0, 0.1) is 0 Å². The van der Waals surface area contributed by atoms with E-state index in [0.29, 0.717) is 17.8 Å². The van der Waals surface area contributed by atoms with Gasteiger partial charge < -0.3 is 15.0 Å². The Morgan fingerprint density at radius 2 is 1.51 bits per heavy atom. The molecule has 6 heteroatoms. The van der Waals surface area contributed by atoms with Gasteiger partial charge in [-0.05, 0) is 54.6 Å². The first-order chi connectivity index (χ1) is 16.9. The number of pyridine rings is 1. The molecule has 2 heterocycles. The van der Waals surface area contributed by atoms with Gasteiger partial charge in [0.2, 0.25) is 0 Å². The van der Waals surface area contributed by atoms with Crippen LogP contribution in [0.5, 0.6) is 11.5 Å². The first-order valence-electron chi connectivity index (χ1n) is 11.7. The lowest BCUT2D eigenvalue weighted by molar-refractivity contribution is 0.483. The Morgan fingerprint density at radius 1 is 0.886 bits per heavy atom. The first kappa shape index (κ1) is 22.5. The van der Waals surface area contributed by atoms with E-state index in [4.69, 9.17) is 9.84 Å². The Balaban J connectivity index is 1.41. The molecule has 0 aliphatic heterocycles. The summed E-state index contributed by atoms with van der Waals surface area (Å²) in [5, 5.41) is 9.19. The number of H-pyrrole nitrogens is 1. The predicted octanol–water partition coefficient (Wildman–Crippen LogP) is 6.42. The molecule has 6 nitrogen and oxygen atoms in total. The quantitative estimate of drug-likeness (QED) is 0.304. The maximum Gasteiger partial charge on any atom is 0.254 e. The van der Waals surface area contributed by atoms with Crippen LogP contribution >= 0.6 is 0 Å². The van der Waals surface area contributed by atoms with Gasteiger partial charge in [0.15, 0.2) is 0 Å². The molecule has 35 heavy (non-hydrogen) atoms. The molecule has 2 aromatic heterocycles. The van der Waals surface area contributed by atoms with Crippen LogP contribution < -0.4 is 15.6 Å². The number of anilines is 1. The van der Waals surface area contributed by atoms with Crippen molar-refractivity contribution in [2.24, 2.45) is 0 Å². The zero-order valence-corrected chi connectivity index (χ0v) is 20.1. The molecule has 0 amide bonds. The molecule has 5 rings (SSSR count). The van der Waals surface area contributed by atoms with Gasteiger partial charge in [-0.25, -0.2) is 4.68 Å². The van der Waals surface area contributed by atoms with Gasteiger partial charge in [0, 0.05) is 28.6 Å². The zero-order valence-electron chi connectivity index (χ0n) is 20.1. The van der Waals surface area contributed by atoms with Crippen molar-refractivity contribution in [3.8, 4) is 17.2 Å². The Morgan fingerprint density at radius 3 is 2.17 bits per heavy atom. The summed E-state index contributed by atoms with van der Waals surface area (Å²) in [6, 6.07) is 29.2. The fourth-order valence-electron chi connectivity index (χ4n) is 4.02. The van der Waals surface area contributed by atoms with Crippen molar-refractivity contribution in [1.82, 2.24) is 14.8 Å². The highest BCUT2D eigenvalue weighted by Gasteiger charge is 2.24. The van der Waals surface area contributed by atoms with Crippen molar-refractivity contribution in [1.29, 1.82) is 0 Å². The molecule has 0 aliphatic rings. The van der Waals surface area contributed by atoms with Gasteiger partial charge in [-0.3, -0.25) is 4.79 Å². The average Bonchev–Trinajstić information content (AvgIpc) is 3.23. The molecular weight excluding hydrogens is 436 g/mol. The monoisotopic (exact) mass is 464 g/mol. The Hall–Kier alpha value is -4.32. The van der Waals surface area contributed by atoms with E-state index in [1.807, 2.05) is 95.7 Å². The number of ether oxygens (including phenoxy) is 1. The Labute approximate surface area is 204 Å². The highest BCUT2D eigenvalue weighted by molar-refractivity contribution is 5.81. The fourth-order valence-corrected chi connectivity index (χ4v) is 4.02. The molecule has 0 bridgehead atoms. The molecule has 0 aliphatic carbocycles. The van der Waals surface area contributed by atoms with Crippen molar-refractivity contribution in [2.75, 3.05) is 5.32 Å². The number of aromatic amines is 1.